The van der Waals surface area contributed by atoms with Crippen LogP contribution in [0.2, 0.25) is 0 Å². The molecule has 0 radical (unpaired) electrons. The molecule has 0 aliphatic carbocycles. The maximum absolute atomic E-state index is 6.07. The van der Waals surface area contributed by atoms with E-state index in [9.17, 15) is 0 Å². The molecule has 0 spiro atoms. The largest absolute Gasteiger partial charge is 0.492 e. The molecule has 4 heteroatoms. The highest BCUT2D eigenvalue weighted by molar-refractivity contribution is 9.11. The molecule has 92 valence electrons. The Morgan fingerprint density at radius 1 is 1.11 bits per heavy atom. The van der Waals surface area contributed by atoms with Crippen molar-refractivity contribution >= 4 is 37.5 Å². The Morgan fingerprint density at radius 3 is 2.67 bits per heavy atom. The van der Waals surface area contributed by atoms with Crippen molar-refractivity contribution in [3.63, 3.8) is 0 Å². The molecule has 2 nitrogen and oxygen atoms in total. The number of nitrogen functional groups attached to an aromatic ring is 1. The fourth-order valence-corrected chi connectivity index (χ4v) is 3.80. The molecule has 0 saturated heterocycles. The first-order valence-corrected chi connectivity index (χ1v) is 7.25. The van der Waals surface area contributed by atoms with Crippen molar-refractivity contribution in [3.8, 4) is 16.9 Å². The summed E-state index contributed by atoms with van der Waals surface area (Å²) in [5.41, 5.74) is 10.1. The van der Waals surface area contributed by atoms with Crippen molar-refractivity contribution in [1.29, 1.82) is 0 Å². The summed E-state index contributed by atoms with van der Waals surface area (Å²) in [6.45, 7) is 0.726. The smallest absolute Gasteiger partial charge is 0.132 e. The number of benzene rings is 2. The van der Waals surface area contributed by atoms with Gasteiger partial charge in [0.1, 0.15) is 5.75 Å². The van der Waals surface area contributed by atoms with Gasteiger partial charge in [0.2, 0.25) is 0 Å². The maximum atomic E-state index is 6.07. The second-order valence-electron chi connectivity index (χ2n) is 4.21. The van der Waals surface area contributed by atoms with E-state index in [-0.39, 0.29) is 0 Å². The molecular weight excluding hydrogens is 358 g/mol. The van der Waals surface area contributed by atoms with E-state index in [1.54, 1.807) is 0 Å². The number of ether oxygens (including phenoxy) is 1. The van der Waals surface area contributed by atoms with Gasteiger partial charge in [-0.3, -0.25) is 0 Å². The standard InChI is InChI=1S/C14H11Br2NO/c15-10-7-11(16)13(14-8(10)5-6-18-14)9-3-1-2-4-12(9)17/h1-4,7H,5-6,17H2. The van der Waals surface area contributed by atoms with Crippen molar-refractivity contribution in [2.45, 2.75) is 6.42 Å². The number of halogens is 2. The van der Waals surface area contributed by atoms with Gasteiger partial charge >= 0.3 is 0 Å². The van der Waals surface area contributed by atoms with Crippen molar-refractivity contribution in [1.82, 2.24) is 0 Å². The first-order chi connectivity index (χ1) is 8.68. The number of anilines is 1. The Morgan fingerprint density at radius 2 is 1.89 bits per heavy atom. The average molecular weight is 369 g/mol. The molecule has 2 N–H and O–H groups in total. The van der Waals surface area contributed by atoms with E-state index in [1.807, 2.05) is 24.3 Å². The molecule has 0 amide bonds. The van der Waals surface area contributed by atoms with Gasteiger partial charge in [-0.25, -0.2) is 0 Å². The Bertz CT molecular complexity index is 625. The zero-order valence-electron chi connectivity index (χ0n) is 9.54. The molecule has 0 atom stereocenters. The normalized spacial score (nSPS) is 13.2. The van der Waals surface area contributed by atoms with Crippen LogP contribution in [0.25, 0.3) is 11.1 Å². The van der Waals surface area contributed by atoms with E-state index in [0.29, 0.717) is 0 Å². The molecule has 3 rings (SSSR count). The summed E-state index contributed by atoms with van der Waals surface area (Å²) < 4.78 is 7.86. The van der Waals surface area contributed by atoms with Crippen molar-refractivity contribution < 1.29 is 4.74 Å². The minimum atomic E-state index is 0.726. The van der Waals surface area contributed by atoms with Crippen molar-refractivity contribution in [3.05, 3.63) is 44.8 Å². The minimum absolute atomic E-state index is 0.726. The van der Waals surface area contributed by atoms with Crippen LogP contribution < -0.4 is 10.5 Å². The summed E-state index contributed by atoms with van der Waals surface area (Å²) in [5, 5.41) is 0. The first kappa shape index (κ1) is 12.1. The van der Waals surface area contributed by atoms with Crippen LogP contribution in [0.4, 0.5) is 5.69 Å². The molecule has 1 aliphatic heterocycles. The Labute approximate surface area is 122 Å². The van der Waals surface area contributed by atoms with Crippen LogP contribution in [0.5, 0.6) is 5.75 Å². The van der Waals surface area contributed by atoms with Gasteiger partial charge in [-0.15, -0.1) is 0 Å². The van der Waals surface area contributed by atoms with Gasteiger partial charge in [0.25, 0.3) is 0 Å². The molecule has 0 unspecified atom stereocenters. The Hall–Kier alpha value is -1.00. The molecule has 0 fully saturated rings. The molecule has 0 saturated carbocycles. The van der Waals surface area contributed by atoms with Gasteiger partial charge < -0.3 is 10.5 Å². The Kier molecular flexibility index (Phi) is 3.08. The molecule has 18 heavy (non-hydrogen) atoms. The third kappa shape index (κ3) is 1.84. The predicted octanol–water partition coefficient (Wildman–Crippen LogP) is 4.40. The SMILES string of the molecule is Nc1ccccc1-c1c(Br)cc(Br)c2c1OCC2. The lowest BCUT2D eigenvalue weighted by molar-refractivity contribution is 0.358. The maximum Gasteiger partial charge on any atom is 0.132 e. The number of hydrogen-bond donors (Lipinski definition) is 1. The fourth-order valence-electron chi connectivity index (χ4n) is 2.26. The lowest BCUT2D eigenvalue weighted by Gasteiger charge is -2.13. The van der Waals surface area contributed by atoms with Gasteiger partial charge in [0, 0.05) is 37.7 Å². The predicted molar refractivity (Wildman–Crippen MR) is 80.9 cm³/mol. The number of hydrogen-bond acceptors (Lipinski definition) is 2. The third-order valence-corrected chi connectivity index (χ3v) is 4.44. The van der Waals surface area contributed by atoms with Gasteiger partial charge in [-0.2, -0.15) is 0 Å². The molecule has 1 heterocycles. The topological polar surface area (TPSA) is 35.2 Å². The van der Waals surface area contributed by atoms with E-state index in [2.05, 4.69) is 37.9 Å². The van der Waals surface area contributed by atoms with Crippen LogP contribution >= 0.6 is 31.9 Å². The average Bonchev–Trinajstić information content (AvgIpc) is 2.81. The zero-order valence-corrected chi connectivity index (χ0v) is 12.7. The van der Waals surface area contributed by atoms with E-state index < -0.39 is 0 Å². The highest BCUT2D eigenvalue weighted by Gasteiger charge is 2.23. The summed E-state index contributed by atoms with van der Waals surface area (Å²) in [4.78, 5) is 0. The molecule has 2 aromatic rings. The van der Waals surface area contributed by atoms with Gasteiger partial charge in [0.15, 0.2) is 0 Å². The lowest BCUT2D eigenvalue weighted by Crippen LogP contribution is -1.94. The molecular formula is C14H11Br2NO. The highest BCUT2D eigenvalue weighted by atomic mass is 79.9. The van der Waals surface area contributed by atoms with E-state index in [4.69, 9.17) is 10.5 Å². The number of rotatable bonds is 1. The van der Waals surface area contributed by atoms with Crippen LogP contribution in [0.3, 0.4) is 0 Å². The molecule has 2 aromatic carbocycles. The third-order valence-electron chi connectivity index (χ3n) is 3.11. The van der Waals surface area contributed by atoms with Crippen LogP contribution in [0.15, 0.2) is 39.3 Å². The van der Waals surface area contributed by atoms with E-state index in [0.717, 1.165) is 44.5 Å². The number of para-hydroxylation sites is 1. The van der Waals surface area contributed by atoms with Crippen molar-refractivity contribution in [2.75, 3.05) is 12.3 Å². The van der Waals surface area contributed by atoms with Gasteiger partial charge in [0.05, 0.1) is 6.61 Å². The zero-order chi connectivity index (χ0) is 12.7. The molecule has 0 bridgehead atoms. The monoisotopic (exact) mass is 367 g/mol. The number of nitrogens with two attached hydrogens (primary N) is 1. The molecule has 0 aromatic heterocycles. The van der Waals surface area contributed by atoms with E-state index in [1.165, 1.54) is 5.56 Å². The summed E-state index contributed by atoms with van der Waals surface area (Å²) >= 11 is 7.19. The van der Waals surface area contributed by atoms with Crippen LogP contribution in [-0.2, 0) is 6.42 Å². The summed E-state index contributed by atoms with van der Waals surface area (Å²) in [6.07, 6.45) is 0.933. The lowest BCUT2D eigenvalue weighted by atomic mass is 10.00. The first-order valence-electron chi connectivity index (χ1n) is 5.67. The van der Waals surface area contributed by atoms with Gasteiger partial charge in [-0.05, 0) is 28.1 Å². The van der Waals surface area contributed by atoms with Crippen LogP contribution in [0, 0.1) is 0 Å². The number of fused-ring (bicyclic) bond motifs is 1. The summed E-state index contributed by atoms with van der Waals surface area (Å²) in [7, 11) is 0. The van der Waals surface area contributed by atoms with Crippen LogP contribution in [0.1, 0.15) is 5.56 Å². The Balaban J connectivity index is 2.31. The second kappa shape index (κ2) is 4.59. The summed E-state index contributed by atoms with van der Waals surface area (Å²) in [6, 6.07) is 9.92. The van der Waals surface area contributed by atoms with Crippen LogP contribution in [-0.4, -0.2) is 6.61 Å². The fraction of sp³-hybridized carbons (Fsp3) is 0.143. The second-order valence-corrected chi connectivity index (χ2v) is 5.92. The molecule has 1 aliphatic rings. The summed E-state index contributed by atoms with van der Waals surface area (Å²) in [5.74, 6) is 0.939. The van der Waals surface area contributed by atoms with Crippen molar-refractivity contribution in [2.24, 2.45) is 0 Å². The highest BCUT2D eigenvalue weighted by Crippen LogP contribution is 2.46. The quantitative estimate of drug-likeness (QED) is 0.757. The minimum Gasteiger partial charge on any atom is -0.492 e. The van der Waals surface area contributed by atoms with Gasteiger partial charge in [-0.1, -0.05) is 34.1 Å². The van der Waals surface area contributed by atoms with E-state index >= 15 is 0 Å².